The van der Waals surface area contributed by atoms with E-state index in [9.17, 15) is 9.18 Å². The van der Waals surface area contributed by atoms with Gasteiger partial charge in [-0.15, -0.1) is 0 Å². The summed E-state index contributed by atoms with van der Waals surface area (Å²) in [5, 5.41) is 5.09. The summed E-state index contributed by atoms with van der Waals surface area (Å²) < 4.78 is 16.6. The van der Waals surface area contributed by atoms with E-state index in [-0.39, 0.29) is 12.4 Å². The van der Waals surface area contributed by atoms with E-state index in [4.69, 9.17) is 5.73 Å². The van der Waals surface area contributed by atoms with Gasteiger partial charge in [-0.05, 0) is 42.7 Å². The van der Waals surface area contributed by atoms with Crippen LogP contribution in [0.2, 0.25) is 0 Å². The molecule has 0 spiro atoms. The molecular formula is C22H26FN5O. The summed E-state index contributed by atoms with van der Waals surface area (Å²) in [5.74, 6) is -0.256. The Balaban J connectivity index is 1.62. The standard InChI is InChI=1S/C22H26FN5O/c1-26-19-7-6-8-20(17(19)14-25-26)28(22(24)29)15-16-9-10-21(18(23)13-16)27-11-4-2-3-5-12-27/h6-10,13-14H,2-5,11-12,15H2,1H3,(H2,24,29). The Morgan fingerprint density at radius 1 is 1.17 bits per heavy atom. The average molecular weight is 395 g/mol. The van der Waals surface area contributed by atoms with Crippen LogP contribution >= 0.6 is 0 Å². The van der Waals surface area contributed by atoms with E-state index in [0.29, 0.717) is 16.9 Å². The van der Waals surface area contributed by atoms with Gasteiger partial charge in [-0.3, -0.25) is 9.58 Å². The van der Waals surface area contributed by atoms with Crippen molar-refractivity contribution in [1.82, 2.24) is 9.78 Å². The minimum Gasteiger partial charge on any atom is -0.369 e. The van der Waals surface area contributed by atoms with Crippen molar-refractivity contribution < 1.29 is 9.18 Å². The molecule has 7 heteroatoms. The van der Waals surface area contributed by atoms with Crippen molar-refractivity contribution in [3.8, 4) is 0 Å². The minimum atomic E-state index is -0.585. The van der Waals surface area contributed by atoms with E-state index in [1.807, 2.05) is 37.4 Å². The number of aryl methyl sites for hydroxylation is 1. The van der Waals surface area contributed by atoms with E-state index in [0.717, 1.165) is 36.8 Å². The maximum absolute atomic E-state index is 14.9. The zero-order valence-electron chi connectivity index (χ0n) is 16.6. The highest BCUT2D eigenvalue weighted by Crippen LogP contribution is 2.29. The van der Waals surface area contributed by atoms with Gasteiger partial charge in [0.1, 0.15) is 5.82 Å². The van der Waals surface area contributed by atoms with Crippen molar-refractivity contribution in [3.05, 3.63) is 54.0 Å². The molecule has 1 aliphatic rings. The molecule has 0 saturated carbocycles. The predicted octanol–water partition coefficient (Wildman–Crippen LogP) is 4.18. The Morgan fingerprint density at radius 2 is 1.93 bits per heavy atom. The quantitative estimate of drug-likeness (QED) is 0.721. The molecule has 1 saturated heterocycles. The molecule has 2 N–H and O–H groups in total. The van der Waals surface area contributed by atoms with Crippen LogP contribution in [0.5, 0.6) is 0 Å². The molecule has 0 aliphatic carbocycles. The molecule has 0 atom stereocenters. The van der Waals surface area contributed by atoms with E-state index in [1.54, 1.807) is 10.9 Å². The summed E-state index contributed by atoms with van der Waals surface area (Å²) in [6.07, 6.45) is 6.29. The first-order chi connectivity index (χ1) is 14.0. The fourth-order valence-electron chi connectivity index (χ4n) is 4.08. The first-order valence-electron chi connectivity index (χ1n) is 10.1. The monoisotopic (exact) mass is 395 g/mol. The molecule has 152 valence electrons. The van der Waals surface area contributed by atoms with Gasteiger partial charge in [-0.2, -0.15) is 5.10 Å². The number of benzene rings is 2. The number of aromatic nitrogens is 2. The van der Waals surface area contributed by atoms with Crippen LogP contribution in [0.4, 0.5) is 20.6 Å². The third kappa shape index (κ3) is 3.90. The molecule has 1 aromatic heterocycles. The largest absolute Gasteiger partial charge is 0.369 e. The van der Waals surface area contributed by atoms with Crippen molar-refractivity contribution in [1.29, 1.82) is 0 Å². The molecule has 3 aromatic rings. The fraction of sp³-hybridized carbons (Fsp3) is 0.364. The summed E-state index contributed by atoms with van der Waals surface area (Å²) in [5.41, 5.74) is 8.57. The summed E-state index contributed by atoms with van der Waals surface area (Å²) in [4.78, 5) is 15.8. The molecule has 0 radical (unpaired) electrons. The normalized spacial score (nSPS) is 14.8. The van der Waals surface area contributed by atoms with Crippen LogP contribution in [0.15, 0.2) is 42.6 Å². The average Bonchev–Trinajstić information content (AvgIpc) is 2.91. The van der Waals surface area contributed by atoms with Crippen molar-refractivity contribution in [2.75, 3.05) is 22.9 Å². The number of halogens is 1. The Hall–Kier alpha value is -3.09. The van der Waals surface area contributed by atoms with Gasteiger partial charge in [0.05, 0.1) is 29.6 Å². The van der Waals surface area contributed by atoms with E-state index < -0.39 is 6.03 Å². The molecule has 2 amide bonds. The van der Waals surface area contributed by atoms with E-state index >= 15 is 0 Å². The molecule has 0 unspecified atom stereocenters. The first kappa shape index (κ1) is 19.2. The fourth-order valence-corrected chi connectivity index (χ4v) is 4.08. The lowest BCUT2D eigenvalue weighted by Gasteiger charge is -2.25. The van der Waals surface area contributed by atoms with Crippen molar-refractivity contribution in [3.63, 3.8) is 0 Å². The highest BCUT2D eigenvalue weighted by Gasteiger charge is 2.19. The van der Waals surface area contributed by atoms with Crippen molar-refractivity contribution in [2.45, 2.75) is 32.2 Å². The number of nitrogens with zero attached hydrogens (tertiary/aromatic N) is 4. The zero-order chi connectivity index (χ0) is 20.4. The van der Waals surface area contributed by atoms with Crippen LogP contribution in [-0.2, 0) is 13.6 Å². The maximum Gasteiger partial charge on any atom is 0.319 e. The van der Waals surface area contributed by atoms with Gasteiger partial charge < -0.3 is 10.6 Å². The van der Waals surface area contributed by atoms with Crippen molar-refractivity contribution >= 4 is 28.3 Å². The van der Waals surface area contributed by atoms with Gasteiger partial charge in [0.2, 0.25) is 0 Å². The second-order valence-electron chi connectivity index (χ2n) is 7.59. The minimum absolute atomic E-state index is 0.195. The number of anilines is 2. The lowest BCUT2D eigenvalue weighted by atomic mass is 10.1. The van der Waals surface area contributed by atoms with Gasteiger partial charge in [0, 0.05) is 25.5 Å². The third-order valence-corrected chi connectivity index (χ3v) is 5.63. The van der Waals surface area contributed by atoms with Crippen LogP contribution in [0.1, 0.15) is 31.2 Å². The van der Waals surface area contributed by atoms with Gasteiger partial charge in [0.15, 0.2) is 0 Å². The molecule has 1 fully saturated rings. The number of fused-ring (bicyclic) bond motifs is 1. The van der Waals surface area contributed by atoms with Crippen LogP contribution in [0.3, 0.4) is 0 Å². The van der Waals surface area contributed by atoms with Crippen LogP contribution < -0.4 is 15.5 Å². The lowest BCUT2D eigenvalue weighted by molar-refractivity contribution is 0.253. The summed E-state index contributed by atoms with van der Waals surface area (Å²) in [6, 6.07) is 10.2. The third-order valence-electron chi connectivity index (χ3n) is 5.63. The Kier molecular flexibility index (Phi) is 5.38. The maximum atomic E-state index is 14.9. The number of hydrogen-bond donors (Lipinski definition) is 1. The zero-order valence-corrected chi connectivity index (χ0v) is 16.6. The molecule has 6 nitrogen and oxygen atoms in total. The second-order valence-corrected chi connectivity index (χ2v) is 7.59. The first-order valence-corrected chi connectivity index (χ1v) is 10.1. The number of carbonyl (C=O) groups is 1. The molecular weight excluding hydrogens is 369 g/mol. The summed E-state index contributed by atoms with van der Waals surface area (Å²) in [6.45, 7) is 1.96. The van der Waals surface area contributed by atoms with E-state index in [1.165, 1.54) is 23.8 Å². The van der Waals surface area contributed by atoms with Gasteiger partial charge in [-0.1, -0.05) is 25.0 Å². The Labute approximate surface area is 169 Å². The van der Waals surface area contributed by atoms with Crippen LogP contribution in [0, 0.1) is 5.82 Å². The number of rotatable bonds is 4. The molecule has 0 bridgehead atoms. The molecule has 1 aliphatic heterocycles. The number of carbonyl (C=O) groups excluding carboxylic acids is 1. The lowest BCUT2D eigenvalue weighted by Crippen LogP contribution is -2.35. The SMILES string of the molecule is Cn1ncc2c(N(Cc3ccc(N4CCCCCC4)c(F)c3)C(N)=O)cccc21. The smallest absolute Gasteiger partial charge is 0.319 e. The van der Waals surface area contributed by atoms with Gasteiger partial charge >= 0.3 is 6.03 Å². The highest BCUT2D eigenvalue weighted by atomic mass is 19.1. The van der Waals surface area contributed by atoms with E-state index in [2.05, 4.69) is 10.00 Å². The Morgan fingerprint density at radius 3 is 2.62 bits per heavy atom. The summed E-state index contributed by atoms with van der Waals surface area (Å²) >= 11 is 0. The number of urea groups is 1. The topological polar surface area (TPSA) is 67.4 Å². The van der Waals surface area contributed by atoms with Crippen LogP contribution in [-0.4, -0.2) is 28.9 Å². The highest BCUT2D eigenvalue weighted by molar-refractivity contribution is 6.01. The number of hydrogen-bond acceptors (Lipinski definition) is 3. The Bertz CT molecular complexity index is 1020. The number of amides is 2. The second kappa shape index (κ2) is 8.11. The van der Waals surface area contributed by atoms with Gasteiger partial charge in [0.25, 0.3) is 0 Å². The number of primary amides is 1. The summed E-state index contributed by atoms with van der Waals surface area (Å²) in [7, 11) is 1.84. The number of nitrogens with two attached hydrogens (primary N) is 1. The van der Waals surface area contributed by atoms with Crippen LogP contribution in [0.25, 0.3) is 10.9 Å². The molecule has 4 rings (SSSR count). The molecule has 2 aromatic carbocycles. The van der Waals surface area contributed by atoms with Crippen molar-refractivity contribution in [2.24, 2.45) is 12.8 Å². The van der Waals surface area contributed by atoms with Gasteiger partial charge in [-0.25, -0.2) is 9.18 Å². The predicted molar refractivity (Wildman–Crippen MR) is 114 cm³/mol. The molecule has 2 heterocycles. The molecule has 29 heavy (non-hydrogen) atoms.